The molecule has 0 saturated heterocycles. The largest absolute Gasteiger partial charge is 0.379 e. The van der Waals surface area contributed by atoms with Crippen LogP contribution in [0.15, 0.2) is 24.3 Å². The lowest BCUT2D eigenvalue weighted by atomic mass is 10.1. The number of ether oxygens (including phenoxy) is 2. The SMILES string of the molecule is CC(C)COCCOC(CNC(C)C)c1ccc(F)cc1. The molecule has 0 fully saturated rings. The minimum Gasteiger partial charge on any atom is -0.379 e. The number of nitrogens with one attached hydrogen (secondary N) is 1. The predicted molar refractivity (Wildman–Crippen MR) is 83.9 cm³/mol. The molecule has 1 aromatic rings. The second-order valence-electron chi connectivity index (χ2n) is 5.94. The van der Waals surface area contributed by atoms with Crippen LogP contribution >= 0.6 is 0 Å². The van der Waals surface area contributed by atoms with Crippen LogP contribution in [-0.4, -0.2) is 32.4 Å². The van der Waals surface area contributed by atoms with Crippen molar-refractivity contribution in [2.24, 2.45) is 5.92 Å². The van der Waals surface area contributed by atoms with Crippen molar-refractivity contribution in [3.05, 3.63) is 35.6 Å². The first-order valence-corrected chi connectivity index (χ1v) is 7.67. The molecule has 1 N–H and O–H groups in total. The Morgan fingerprint density at radius 3 is 2.29 bits per heavy atom. The summed E-state index contributed by atoms with van der Waals surface area (Å²) in [6.45, 7) is 11.0. The van der Waals surface area contributed by atoms with Gasteiger partial charge in [-0.2, -0.15) is 0 Å². The van der Waals surface area contributed by atoms with Crippen molar-refractivity contribution >= 4 is 0 Å². The topological polar surface area (TPSA) is 30.5 Å². The maximum atomic E-state index is 13.0. The summed E-state index contributed by atoms with van der Waals surface area (Å²) in [5.74, 6) is 0.301. The molecule has 120 valence electrons. The summed E-state index contributed by atoms with van der Waals surface area (Å²) in [6.07, 6.45) is -0.0874. The van der Waals surface area contributed by atoms with Crippen LogP contribution in [0.1, 0.15) is 39.4 Å². The molecule has 21 heavy (non-hydrogen) atoms. The fraction of sp³-hybridized carbons (Fsp3) is 0.647. The zero-order valence-corrected chi connectivity index (χ0v) is 13.6. The number of halogens is 1. The van der Waals surface area contributed by atoms with Crippen molar-refractivity contribution in [2.45, 2.75) is 39.8 Å². The smallest absolute Gasteiger partial charge is 0.123 e. The van der Waals surface area contributed by atoms with Crippen molar-refractivity contribution in [3.63, 3.8) is 0 Å². The highest BCUT2D eigenvalue weighted by Crippen LogP contribution is 2.17. The van der Waals surface area contributed by atoms with Gasteiger partial charge in [-0.15, -0.1) is 0 Å². The molecule has 3 nitrogen and oxygen atoms in total. The van der Waals surface area contributed by atoms with E-state index in [2.05, 4.69) is 33.0 Å². The van der Waals surface area contributed by atoms with Gasteiger partial charge in [0.25, 0.3) is 0 Å². The highest BCUT2D eigenvalue weighted by molar-refractivity contribution is 5.19. The molecule has 0 aromatic heterocycles. The van der Waals surface area contributed by atoms with Crippen molar-refractivity contribution in [1.29, 1.82) is 0 Å². The van der Waals surface area contributed by atoms with Crippen LogP contribution in [0.3, 0.4) is 0 Å². The molecule has 0 bridgehead atoms. The summed E-state index contributed by atoms with van der Waals surface area (Å²) >= 11 is 0. The van der Waals surface area contributed by atoms with Gasteiger partial charge in [0.15, 0.2) is 0 Å². The number of benzene rings is 1. The monoisotopic (exact) mass is 297 g/mol. The molecule has 0 radical (unpaired) electrons. The second-order valence-corrected chi connectivity index (χ2v) is 5.94. The fourth-order valence-electron chi connectivity index (χ4n) is 1.86. The van der Waals surface area contributed by atoms with Crippen LogP contribution in [-0.2, 0) is 9.47 Å². The van der Waals surface area contributed by atoms with E-state index in [9.17, 15) is 4.39 Å². The zero-order valence-electron chi connectivity index (χ0n) is 13.6. The van der Waals surface area contributed by atoms with Crippen molar-refractivity contribution in [2.75, 3.05) is 26.4 Å². The minimum atomic E-state index is -0.227. The number of rotatable bonds is 10. The van der Waals surface area contributed by atoms with E-state index in [-0.39, 0.29) is 11.9 Å². The molecule has 4 heteroatoms. The molecule has 1 rings (SSSR count). The summed E-state index contributed by atoms with van der Waals surface area (Å²) in [5, 5.41) is 3.36. The molecule has 0 amide bonds. The number of hydrogen-bond donors (Lipinski definition) is 1. The number of hydrogen-bond acceptors (Lipinski definition) is 3. The van der Waals surface area contributed by atoms with E-state index in [1.807, 2.05) is 0 Å². The third-order valence-electron chi connectivity index (χ3n) is 2.95. The van der Waals surface area contributed by atoms with Gasteiger partial charge >= 0.3 is 0 Å². The van der Waals surface area contributed by atoms with Crippen LogP contribution in [0.4, 0.5) is 4.39 Å². The Labute approximate surface area is 127 Å². The van der Waals surface area contributed by atoms with E-state index in [0.717, 1.165) is 12.2 Å². The lowest BCUT2D eigenvalue weighted by molar-refractivity contribution is -0.00193. The van der Waals surface area contributed by atoms with Crippen LogP contribution in [0.25, 0.3) is 0 Å². The Balaban J connectivity index is 2.46. The van der Waals surface area contributed by atoms with Crippen molar-refractivity contribution in [3.8, 4) is 0 Å². The van der Waals surface area contributed by atoms with Crippen LogP contribution in [0.2, 0.25) is 0 Å². The Hall–Kier alpha value is -0.970. The Morgan fingerprint density at radius 2 is 1.71 bits per heavy atom. The van der Waals surface area contributed by atoms with Gasteiger partial charge in [-0.1, -0.05) is 39.8 Å². The second kappa shape index (κ2) is 9.87. The van der Waals surface area contributed by atoms with Gasteiger partial charge in [0.1, 0.15) is 5.82 Å². The van der Waals surface area contributed by atoms with E-state index in [1.165, 1.54) is 12.1 Å². The maximum Gasteiger partial charge on any atom is 0.123 e. The standard InChI is InChI=1S/C17H28FNO2/c1-13(2)12-20-9-10-21-17(11-19-14(3)4)15-5-7-16(18)8-6-15/h5-8,13-14,17,19H,9-12H2,1-4H3. The van der Waals surface area contributed by atoms with E-state index < -0.39 is 0 Å². The normalized spacial score (nSPS) is 13.1. The molecule has 0 aliphatic heterocycles. The molecular formula is C17H28FNO2. The summed E-state index contributed by atoms with van der Waals surface area (Å²) in [5.41, 5.74) is 0.980. The van der Waals surface area contributed by atoms with Gasteiger partial charge in [0, 0.05) is 19.2 Å². The summed E-state index contributed by atoms with van der Waals surface area (Å²) in [4.78, 5) is 0. The van der Waals surface area contributed by atoms with Crippen molar-refractivity contribution in [1.82, 2.24) is 5.32 Å². The Morgan fingerprint density at radius 1 is 1.05 bits per heavy atom. The van der Waals surface area contributed by atoms with Gasteiger partial charge in [-0.25, -0.2) is 4.39 Å². The predicted octanol–water partition coefficient (Wildman–Crippen LogP) is 3.55. The van der Waals surface area contributed by atoms with E-state index in [0.29, 0.717) is 31.7 Å². The molecule has 0 aliphatic rings. The first-order valence-electron chi connectivity index (χ1n) is 7.67. The first kappa shape index (κ1) is 18.1. The third kappa shape index (κ3) is 8.15. The van der Waals surface area contributed by atoms with Gasteiger partial charge in [0.2, 0.25) is 0 Å². The summed E-state index contributed by atoms with van der Waals surface area (Å²) in [7, 11) is 0. The molecule has 0 heterocycles. The summed E-state index contributed by atoms with van der Waals surface area (Å²) in [6, 6.07) is 6.87. The first-order chi connectivity index (χ1) is 9.99. The molecule has 1 aromatic carbocycles. The average molecular weight is 297 g/mol. The van der Waals surface area contributed by atoms with Gasteiger partial charge < -0.3 is 14.8 Å². The van der Waals surface area contributed by atoms with Gasteiger partial charge in [-0.05, 0) is 23.6 Å². The Bertz CT molecular complexity index is 379. The van der Waals surface area contributed by atoms with E-state index >= 15 is 0 Å². The van der Waals surface area contributed by atoms with Crippen molar-refractivity contribution < 1.29 is 13.9 Å². The molecule has 1 atom stereocenters. The van der Waals surface area contributed by atoms with E-state index in [4.69, 9.17) is 9.47 Å². The molecule has 1 unspecified atom stereocenters. The summed E-state index contributed by atoms with van der Waals surface area (Å²) < 4.78 is 24.4. The van der Waals surface area contributed by atoms with Crippen LogP contribution < -0.4 is 5.32 Å². The van der Waals surface area contributed by atoms with Gasteiger partial charge in [0.05, 0.1) is 19.3 Å². The fourth-order valence-corrected chi connectivity index (χ4v) is 1.86. The quantitative estimate of drug-likeness (QED) is 0.670. The average Bonchev–Trinajstić information content (AvgIpc) is 2.42. The molecule has 0 aliphatic carbocycles. The van der Waals surface area contributed by atoms with Crippen LogP contribution in [0.5, 0.6) is 0 Å². The molecule has 0 saturated carbocycles. The molecule has 0 spiro atoms. The highest BCUT2D eigenvalue weighted by Gasteiger charge is 2.12. The lowest BCUT2D eigenvalue weighted by Gasteiger charge is -2.20. The minimum absolute atomic E-state index is 0.0874. The maximum absolute atomic E-state index is 13.0. The highest BCUT2D eigenvalue weighted by atomic mass is 19.1. The van der Waals surface area contributed by atoms with Gasteiger partial charge in [-0.3, -0.25) is 0 Å². The van der Waals surface area contributed by atoms with E-state index in [1.54, 1.807) is 12.1 Å². The third-order valence-corrected chi connectivity index (χ3v) is 2.95. The molecular weight excluding hydrogens is 269 g/mol. The van der Waals surface area contributed by atoms with Crippen LogP contribution in [0, 0.1) is 11.7 Å². The Kier molecular flexibility index (Phi) is 8.50. The lowest BCUT2D eigenvalue weighted by Crippen LogP contribution is -2.29. The zero-order chi connectivity index (χ0) is 15.7.